The normalized spacial score (nSPS) is 7.08. The van der Waals surface area contributed by atoms with Crippen molar-refractivity contribution in [2.24, 2.45) is 0 Å². The molecule has 0 aliphatic heterocycles. The van der Waals surface area contributed by atoms with Crippen molar-refractivity contribution in [2.45, 2.75) is 33.1 Å². The molecule has 0 rings (SSSR count). The molecule has 0 radical (unpaired) electrons. The Hall–Kier alpha value is -0.480. The molecule has 0 heterocycles. The van der Waals surface area contributed by atoms with E-state index in [4.69, 9.17) is 19.8 Å². The maximum atomic E-state index is 8.77. The second kappa shape index (κ2) is 17.6. The highest BCUT2D eigenvalue weighted by Crippen LogP contribution is 1.88. The van der Waals surface area contributed by atoms with Crippen LogP contribution in [0.3, 0.4) is 0 Å². The van der Waals surface area contributed by atoms with E-state index in [1.807, 2.05) is 0 Å². The van der Waals surface area contributed by atoms with E-state index in [-0.39, 0.29) is 0 Å². The number of carbonyl (C=O) groups is 2. The zero-order valence-electron chi connectivity index (χ0n) is 7.59. The number of halogens is 2. The van der Waals surface area contributed by atoms with Gasteiger partial charge in [-0.2, -0.15) is 0 Å². The summed E-state index contributed by atoms with van der Waals surface area (Å²) in [5.41, 5.74) is -2.72. The second-order valence-electron chi connectivity index (χ2n) is 1.86. The third kappa shape index (κ3) is 452. The fourth-order valence-electron chi connectivity index (χ4n) is 0.354. The monoisotopic (exact) mass is 232 g/mol. The van der Waals surface area contributed by atoms with Crippen LogP contribution >= 0.6 is 23.2 Å². The van der Waals surface area contributed by atoms with Gasteiger partial charge in [0.1, 0.15) is 0 Å². The lowest BCUT2D eigenvalue weighted by Gasteiger charge is -1.79. The molecule has 0 amide bonds. The van der Waals surface area contributed by atoms with Gasteiger partial charge in [0.05, 0.1) is 0 Å². The van der Waals surface area contributed by atoms with Gasteiger partial charge in [-0.3, -0.25) is 0 Å². The maximum Gasteiger partial charge on any atom is 0.401 e. The molecular weight excluding hydrogens is 219 g/mol. The second-order valence-corrected chi connectivity index (χ2v) is 2.51. The molecule has 0 unspecified atom stereocenters. The summed E-state index contributed by atoms with van der Waals surface area (Å²) in [6.45, 7) is 4.42. The van der Waals surface area contributed by atoms with E-state index in [0.29, 0.717) is 0 Å². The van der Waals surface area contributed by atoms with E-state index < -0.39 is 10.9 Å². The fraction of sp³-hybridized carbons (Fsp3) is 0.714. The molecule has 0 aliphatic rings. The maximum absolute atomic E-state index is 8.77. The molecule has 6 heteroatoms. The van der Waals surface area contributed by atoms with Crippen LogP contribution in [-0.2, 0) is 0 Å². The summed E-state index contributed by atoms with van der Waals surface area (Å²) < 4.78 is 0. The first-order valence-electron chi connectivity index (χ1n) is 3.65. The molecule has 0 aromatic carbocycles. The standard InChI is InChI=1S/C5H12.2CHClO2/c1-3-5-4-2;2*2-1(3)4/h3-5H2,1-2H3;2*(H,3,4). The summed E-state index contributed by atoms with van der Waals surface area (Å²) in [6.07, 6.45) is 4.08. The Bertz CT molecular complexity index is 106. The van der Waals surface area contributed by atoms with Crippen LogP contribution in [0.1, 0.15) is 33.1 Å². The summed E-state index contributed by atoms with van der Waals surface area (Å²) in [6, 6.07) is 0. The molecule has 80 valence electrons. The molecule has 0 fully saturated rings. The Labute approximate surface area is 87.5 Å². The van der Waals surface area contributed by atoms with Crippen molar-refractivity contribution in [1.82, 2.24) is 0 Å². The van der Waals surface area contributed by atoms with Crippen molar-refractivity contribution in [1.29, 1.82) is 0 Å². The van der Waals surface area contributed by atoms with Gasteiger partial charge in [0.2, 0.25) is 0 Å². The highest BCUT2D eigenvalue weighted by molar-refractivity contribution is 6.60. The number of unbranched alkanes of at least 4 members (excludes halogenated alkanes) is 2. The molecule has 2 N–H and O–H groups in total. The molecule has 0 saturated heterocycles. The first-order valence-corrected chi connectivity index (χ1v) is 4.40. The van der Waals surface area contributed by atoms with Crippen LogP contribution in [0.2, 0.25) is 0 Å². The van der Waals surface area contributed by atoms with E-state index >= 15 is 0 Å². The Kier molecular flexibility index (Phi) is 24.8. The zero-order chi connectivity index (χ0) is 11.3. The topological polar surface area (TPSA) is 74.6 Å². The minimum absolute atomic E-state index is 1.34. The van der Waals surface area contributed by atoms with Crippen LogP contribution < -0.4 is 0 Å². The first kappa shape index (κ1) is 18.3. The molecule has 0 atom stereocenters. The summed E-state index contributed by atoms with van der Waals surface area (Å²) in [5, 5.41) is 14.4. The van der Waals surface area contributed by atoms with Crippen LogP contribution in [0, 0.1) is 0 Å². The van der Waals surface area contributed by atoms with Crippen LogP contribution in [0.15, 0.2) is 0 Å². The average molecular weight is 233 g/mol. The van der Waals surface area contributed by atoms with Gasteiger partial charge in [0, 0.05) is 23.2 Å². The third-order valence-corrected chi connectivity index (χ3v) is 0.707. The highest BCUT2D eigenvalue weighted by Gasteiger charge is 1.71. The number of hydrogen-bond acceptors (Lipinski definition) is 2. The Morgan fingerprint density at radius 1 is 1.00 bits per heavy atom. The molecule has 13 heavy (non-hydrogen) atoms. The van der Waals surface area contributed by atoms with Crippen molar-refractivity contribution < 1.29 is 19.8 Å². The van der Waals surface area contributed by atoms with E-state index in [0.717, 1.165) is 0 Å². The summed E-state index contributed by atoms with van der Waals surface area (Å²) >= 11 is 8.38. The highest BCUT2D eigenvalue weighted by atomic mass is 35.5. The van der Waals surface area contributed by atoms with Crippen LogP contribution in [0.4, 0.5) is 9.59 Å². The van der Waals surface area contributed by atoms with Crippen LogP contribution in [0.5, 0.6) is 0 Å². The third-order valence-electron chi connectivity index (χ3n) is 0.707. The Morgan fingerprint density at radius 3 is 1.15 bits per heavy atom. The quantitative estimate of drug-likeness (QED) is 0.706. The van der Waals surface area contributed by atoms with Crippen molar-refractivity contribution >= 4 is 34.1 Å². The lowest BCUT2D eigenvalue weighted by molar-refractivity contribution is 0.219. The molecule has 0 aliphatic carbocycles. The summed E-state index contributed by atoms with van der Waals surface area (Å²) in [7, 11) is 0. The molecule has 0 saturated carbocycles. The smallest absolute Gasteiger partial charge is 0.401 e. The molecule has 0 aromatic rings. The predicted molar refractivity (Wildman–Crippen MR) is 53.0 cm³/mol. The average Bonchev–Trinajstić information content (AvgIpc) is 1.86. The molecule has 0 spiro atoms. The molecule has 4 nitrogen and oxygen atoms in total. The van der Waals surface area contributed by atoms with Crippen molar-refractivity contribution in [3.8, 4) is 0 Å². The fourth-order valence-corrected chi connectivity index (χ4v) is 0.354. The minimum Gasteiger partial charge on any atom is -0.469 e. The SMILES string of the molecule is CCCCC.O=C(O)Cl.O=C(O)Cl. The molecule has 0 aromatic heterocycles. The number of hydrogen-bond donors (Lipinski definition) is 2. The van der Waals surface area contributed by atoms with Gasteiger partial charge in [0.15, 0.2) is 0 Å². The number of carboxylic acid groups (broad SMARTS) is 2. The van der Waals surface area contributed by atoms with Gasteiger partial charge in [0.25, 0.3) is 0 Å². The van der Waals surface area contributed by atoms with Crippen molar-refractivity contribution in [3.05, 3.63) is 0 Å². The van der Waals surface area contributed by atoms with Gasteiger partial charge < -0.3 is 10.2 Å². The Morgan fingerprint density at radius 2 is 1.15 bits per heavy atom. The lowest BCUT2D eigenvalue weighted by Crippen LogP contribution is -1.66. The van der Waals surface area contributed by atoms with Crippen LogP contribution in [0.25, 0.3) is 0 Å². The van der Waals surface area contributed by atoms with Crippen molar-refractivity contribution in [3.63, 3.8) is 0 Å². The van der Waals surface area contributed by atoms with Gasteiger partial charge in [-0.05, 0) is 0 Å². The van der Waals surface area contributed by atoms with Gasteiger partial charge in [-0.25, -0.2) is 9.59 Å². The molecular formula is C7H14Cl2O4. The van der Waals surface area contributed by atoms with Gasteiger partial charge in [-0.1, -0.05) is 33.1 Å². The minimum atomic E-state index is -1.36. The summed E-state index contributed by atoms with van der Waals surface area (Å²) in [5.74, 6) is 0. The zero-order valence-corrected chi connectivity index (χ0v) is 9.10. The van der Waals surface area contributed by atoms with E-state index in [2.05, 4.69) is 37.0 Å². The molecule has 0 bridgehead atoms. The van der Waals surface area contributed by atoms with Gasteiger partial charge >= 0.3 is 10.9 Å². The lowest BCUT2D eigenvalue weighted by atomic mass is 10.3. The van der Waals surface area contributed by atoms with Gasteiger partial charge in [-0.15, -0.1) is 0 Å². The first-order chi connectivity index (χ1) is 5.88. The van der Waals surface area contributed by atoms with Crippen LogP contribution in [-0.4, -0.2) is 21.1 Å². The summed E-state index contributed by atoms with van der Waals surface area (Å²) in [4.78, 5) is 17.5. The van der Waals surface area contributed by atoms with Crippen molar-refractivity contribution in [2.75, 3.05) is 0 Å². The largest absolute Gasteiger partial charge is 0.469 e. The predicted octanol–water partition coefficient (Wildman–Crippen LogP) is 4.00. The Balaban J connectivity index is -0.000000117. The van der Waals surface area contributed by atoms with E-state index in [1.54, 1.807) is 0 Å². The number of rotatable bonds is 2. The van der Waals surface area contributed by atoms with E-state index in [1.165, 1.54) is 19.3 Å². The van der Waals surface area contributed by atoms with E-state index in [9.17, 15) is 0 Å².